The number of H-pyrrole nitrogens is 1. The normalized spacial score (nSPS) is 15.1. The molecule has 2 aromatic carbocycles. The highest BCUT2D eigenvalue weighted by molar-refractivity contribution is 7.89. The lowest BCUT2D eigenvalue weighted by molar-refractivity contribution is 0.0730. The first-order chi connectivity index (χ1) is 14.9. The maximum absolute atomic E-state index is 13.0. The first kappa shape index (κ1) is 21.2. The molecule has 4 rings (SSSR count). The Kier molecular flexibility index (Phi) is 6.17. The molecule has 8 nitrogen and oxygen atoms in total. The smallest absolute Gasteiger partial charge is 0.252 e. The highest BCUT2D eigenvalue weighted by atomic mass is 32.2. The number of fused-ring (bicyclic) bond motifs is 1. The van der Waals surface area contributed by atoms with Crippen LogP contribution in [0.4, 0.5) is 0 Å². The number of benzene rings is 2. The molecule has 0 saturated carbocycles. The number of carbonyl (C=O) groups is 1. The van der Waals surface area contributed by atoms with Crippen molar-refractivity contribution in [2.45, 2.75) is 11.3 Å². The number of ether oxygens (including phenoxy) is 1. The number of aromatic amines is 1. The van der Waals surface area contributed by atoms with Crippen LogP contribution in [0.1, 0.15) is 15.9 Å². The molecule has 0 aliphatic carbocycles. The van der Waals surface area contributed by atoms with Crippen LogP contribution >= 0.6 is 0 Å². The van der Waals surface area contributed by atoms with Crippen molar-refractivity contribution in [3.63, 3.8) is 0 Å². The maximum atomic E-state index is 13.0. The zero-order chi connectivity index (χ0) is 21.8. The van der Waals surface area contributed by atoms with E-state index in [4.69, 9.17) is 4.74 Å². The molecule has 1 aromatic heterocycles. The topological polar surface area (TPSA) is 109 Å². The average Bonchev–Trinajstić information content (AvgIpc) is 2.79. The molecule has 9 heteroatoms. The minimum Gasteiger partial charge on any atom is -0.379 e. The fourth-order valence-electron chi connectivity index (χ4n) is 3.58. The van der Waals surface area contributed by atoms with Gasteiger partial charge in [0.05, 0.1) is 23.7 Å². The monoisotopic (exact) mass is 441 g/mol. The van der Waals surface area contributed by atoms with Crippen molar-refractivity contribution in [1.82, 2.24) is 14.6 Å². The second kappa shape index (κ2) is 9.01. The summed E-state index contributed by atoms with van der Waals surface area (Å²) in [6, 6.07) is 15.3. The van der Waals surface area contributed by atoms with Crippen molar-refractivity contribution < 1.29 is 17.9 Å². The Bertz CT molecular complexity index is 1250. The predicted molar refractivity (Wildman–Crippen MR) is 117 cm³/mol. The second-order valence-electron chi connectivity index (χ2n) is 7.26. The minimum absolute atomic E-state index is 0.0762. The molecular formula is C22H23N3O5S. The molecule has 1 aliphatic heterocycles. The third kappa shape index (κ3) is 4.68. The molecule has 1 amide bonds. The Labute approximate surface area is 179 Å². The van der Waals surface area contributed by atoms with Crippen molar-refractivity contribution in [2.24, 2.45) is 0 Å². The predicted octanol–water partition coefficient (Wildman–Crippen LogP) is 1.52. The molecule has 2 heterocycles. The Hall–Kier alpha value is -3.01. The van der Waals surface area contributed by atoms with Gasteiger partial charge in [0.2, 0.25) is 15.6 Å². The van der Waals surface area contributed by atoms with Crippen LogP contribution in [0.25, 0.3) is 10.9 Å². The third-order valence-corrected chi connectivity index (χ3v) is 7.10. The van der Waals surface area contributed by atoms with Gasteiger partial charge in [-0.2, -0.15) is 4.31 Å². The Morgan fingerprint density at radius 3 is 2.55 bits per heavy atom. The number of aromatic nitrogens is 1. The summed E-state index contributed by atoms with van der Waals surface area (Å²) in [7, 11) is -3.73. The van der Waals surface area contributed by atoms with E-state index in [9.17, 15) is 18.0 Å². The summed E-state index contributed by atoms with van der Waals surface area (Å²) in [5.74, 6) is -0.423. The number of pyridine rings is 1. The molecule has 1 fully saturated rings. The number of morpholine rings is 1. The van der Waals surface area contributed by atoms with E-state index in [1.807, 2.05) is 30.3 Å². The molecule has 162 valence electrons. The summed E-state index contributed by atoms with van der Waals surface area (Å²) in [5.41, 5.74) is 1.20. The van der Waals surface area contributed by atoms with Gasteiger partial charge in [0.1, 0.15) is 0 Å². The van der Waals surface area contributed by atoms with Crippen molar-refractivity contribution in [3.8, 4) is 0 Å². The van der Waals surface area contributed by atoms with Gasteiger partial charge in [0, 0.05) is 36.6 Å². The van der Waals surface area contributed by atoms with Crippen LogP contribution in [0.3, 0.4) is 0 Å². The first-order valence-corrected chi connectivity index (χ1v) is 11.5. The first-order valence-electron chi connectivity index (χ1n) is 10.0. The molecule has 1 saturated heterocycles. The standard InChI is InChI=1S/C22H23N3O5S/c26-21-15-19(22(27)23-9-8-16-4-2-1-3-5-16)18-14-17(6-7-20(18)24-21)31(28,29)25-10-12-30-13-11-25/h1-7,14-15H,8-13H2,(H,23,27)(H,24,26). The van der Waals surface area contributed by atoms with Gasteiger partial charge in [0.25, 0.3) is 5.91 Å². The molecular weight excluding hydrogens is 418 g/mol. The number of sulfonamides is 1. The summed E-state index contributed by atoms with van der Waals surface area (Å²) in [5, 5.41) is 3.20. The van der Waals surface area contributed by atoms with Gasteiger partial charge >= 0.3 is 0 Å². The molecule has 0 unspecified atom stereocenters. The quantitative estimate of drug-likeness (QED) is 0.603. The fraction of sp³-hybridized carbons (Fsp3) is 0.273. The second-order valence-corrected chi connectivity index (χ2v) is 9.20. The summed E-state index contributed by atoms with van der Waals surface area (Å²) in [4.78, 5) is 27.6. The lowest BCUT2D eigenvalue weighted by Crippen LogP contribution is -2.40. The summed E-state index contributed by atoms with van der Waals surface area (Å²) in [6.07, 6.45) is 0.643. The number of rotatable bonds is 6. The van der Waals surface area contributed by atoms with Crippen LogP contribution in [-0.2, 0) is 21.2 Å². The van der Waals surface area contributed by atoms with Crippen LogP contribution in [0.15, 0.2) is 64.3 Å². The van der Waals surface area contributed by atoms with Gasteiger partial charge in [0.15, 0.2) is 0 Å². The average molecular weight is 442 g/mol. The molecule has 0 atom stereocenters. The van der Waals surface area contributed by atoms with Gasteiger partial charge < -0.3 is 15.0 Å². The van der Waals surface area contributed by atoms with E-state index < -0.39 is 21.5 Å². The summed E-state index contributed by atoms with van der Waals surface area (Å²) >= 11 is 0. The van der Waals surface area contributed by atoms with Crippen molar-refractivity contribution >= 4 is 26.8 Å². The van der Waals surface area contributed by atoms with E-state index in [0.717, 1.165) is 5.56 Å². The maximum Gasteiger partial charge on any atom is 0.252 e. The van der Waals surface area contributed by atoms with Crippen LogP contribution in [0, 0.1) is 0 Å². The Morgan fingerprint density at radius 2 is 1.81 bits per heavy atom. The van der Waals surface area contributed by atoms with E-state index >= 15 is 0 Å². The van der Waals surface area contributed by atoms with Crippen molar-refractivity contribution in [1.29, 1.82) is 0 Å². The molecule has 2 N–H and O–H groups in total. The van der Waals surface area contributed by atoms with Crippen LogP contribution in [-0.4, -0.2) is 56.5 Å². The van der Waals surface area contributed by atoms with Gasteiger partial charge in [-0.05, 0) is 30.2 Å². The molecule has 3 aromatic rings. The molecule has 0 spiro atoms. The van der Waals surface area contributed by atoms with Crippen molar-refractivity contribution in [3.05, 3.63) is 76.1 Å². The van der Waals surface area contributed by atoms with Gasteiger partial charge in [-0.1, -0.05) is 30.3 Å². The van der Waals surface area contributed by atoms with Crippen LogP contribution in [0.5, 0.6) is 0 Å². The largest absolute Gasteiger partial charge is 0.379 e. The number of nitrogens with one attached hydrogen (secondary N) is 2. The zero-order valence-electron chi connectivity index (χ0n) is 16.8. The van der Waals surface area contributed by atoms with E-state index in [1.54, 1.807) is 0 Å². The number of hydrogen-bond donors (Lipinski definition) is 2. The Balaban J connectivity index is 1.62. The molecule has 31 heavy (non-hydrogen) atoms. The number of hydrogen-bond acceptors (Lipinski definition) is 5. The zero-order valence-corrected chi connectivity index (χ0v) is 17.7. The van der Waals surface area contributed by atoms with Crippen LogP contribution < -0.4 is 10.9 Å². The molecule has 0 radical (unpaired) electrons. The van der Waals surface area contributed by atoms with Gasteiger partial charge in [-0.25, -0.2) is 8.42 Å². The molecule has 1 aliphatic rings. The molecule has 0 bridgehead atoms. The third-order valence-electron chi connectivity index (χ3n) is 5.21. The number of amides is 1. The van der Waals surface area contributed by atoms with E-state index in [-0.39, 0.29) is 23.5 Å². The number of nitrogens with zero attached hydrogens (tertiary/aromatic N) is 1. The van der Waals surface area contributed by atoms with E-state index in [1.165, 1.54) is 28.6 Å². The number of carbonyl (C=O) groups excluding carboxylic acids is 1. The minimum atomic E-state index is -3.73. The highest BCUT2D eigenvalue weighted by Gasteiger charge is 2.27. The van der Waals surface area contributed by atoms with Crippen molar-refractivity contribution in [2.75, 3.05) is 32.8 Å². The fourth-order valence-corrected chi connectivity index (χ4v) is 5.01. The van der Waals surface area contributed by atoms with Gasteiger partial charge in [-0.15, -0.1) is 0 Å². The highest BCUT2D eigenvalue weighted by Crippen LogP contribution is 2.23. The Morgan fingerprint density at radius 1 is 1.06 bits per heavy atom. The van der Waals surface area contributed by atoms with E-state index in [0.29, 0.717) is 37.1 Å². The van der Waals surface area contributed by atoms with Gasteiger partial charge in [-0.3, -0.25) is 9.59 Å². The summed E-state index contributed by atoms with van der Waals surface area (Å²) < 4.78 is 32.6. The SMILES string of the molecule is O=C(NCCc1ccccc1)c1cc(=O)[nH]c2ccc(S(=O)(=O)N3CCOCC3)cc12. The lowest BCUT2D eigenvalue weighted by atomic mass is 10.1. The van der Waals surface area contributed by atoms with Crippen LogP contribution in [0.2, 0.25) is 0 Å². The lowest BCUT2D eigenvalue weighted by Gasteiger charge is -2.26. The summed E-state index contributed by atoms with van der Waals surface area (Å²) in [6.45, 7) is 1.63. The van der Waals surface area contributed by atoms with E-state index in [2.05, 4.69) is 10.3 Å².